The van der Waals surface area contributed by atoms with Crippen molar-refractivity contribution in [3.05, 3.63) is 59.7 Å². The van der Waals surface area contributed by atoms with Gasteiger partial charge in [-0.05, 0) is 47.7 Å². The fourth-order valence-electron chi connectivity index (χ4n) is 2.26. The number of anilines is 1. The van der Waals surface area contributed by atoms with Crippen molar-refractivity contribution in [2.75, 3.05) is 5.32 Å². The maximum atomic E-state index is 12.2. The van der Waals surface area contributed by atoms with E-state index in [0.29, 0.717) is 12.3 Å². The highest BCUT2D eigenvalue weighted by Gasteiger charge is 2.16. The minimum Gasteiger partial charge on any atom is -0.481 e. The van der Waals surface area contributed by atoms with E-state index in [9.17, 15) is 4.79 Å². The summed E-state index contributed by atoms with van der Waals surface area (Å²) in [4.78, 5) is 12.2. The Bertz CT molecular complexity index is 676. The Morgan fingerprint density at radius 1 is 1.08 bits per heavy atom. The fourth-order valence-corrected chi connectivity index (χ4v) is 2.26. The van der Waals surface area contributed by atoms with Gasteiger partial charge < -0.3 is 15.8 Å². The smallest absolute Gasteiger partial charge is 0.265 e. The number of nitrogens with one attached hydrogen (secondary N) is 1. The van der Waals surface area contributed by atoms with Crippen LogP contribution >= 0.6 is 12.4 Å². The molecule has 0 aliphatic heterocycles. The van der Waals surface area contributed by atoms with E-state index in [-0.39, 0.29) is 23.7 Å². The Labute approximate surface area is 156 Å². The lowest BCUT2D eigenvalue weighted by molar-refractivity contribution is -0.122. The van der Waals surface area contributed by atoms with Crippen LogP contribution in [-0.2, 0) is 16.8 Å². The van der Waals surface area contributed by atoms with E-state index in [2.05, 4.69) is 26.1 Å². The van der Waals surface area contributed by atoms with Crippen LogP contribution < -0.4 is 15.8 Å². The Morgan fingerprint density at radius 3 is 2.12 bits per heavy atom. The van der Waals surface area contributed by atoms with Crippen LogP contribution in [0.3, 0.4) is 0 Å². The Hall–Kier alpha value is -2.04. The highest BCUT2D eigenvalue weighted by molar-refractivity contribution is 5.94. The van der Waals surface area contributed by atoms with Crippen LogP contribution in [-0.4, -0.2) is 12.0 Å². The van der Waals surface area contributed by atoms with Gasteiger partial charge in [0.2, 0.25) is 0 Å². The van der Waals surface area contributed by atoms with E-state index in [0.717, 1.165) is 11.3 Å². The zero-order chi connectivity index (χ0) is 17.7. The van der Waals surface area contributed by atoms with Crippen molar-refractivity contribution in [2.24, 2.45) is 5.73 Å². The maximum Gasteiger partial charge on any atom is 0.265 e. The Balaban J connectivity index is 0.00000312. The number of halogens is 1. The summed E-state index contributed by atoms with van der Waals surface area (Å²) in [6, 6.07) is 15.3. The lowest BCUT2D eigenvalue weighted by Crippen LogP contribution is -2.30. The summed E-state index contributed by atoms with van der Waals surface area (Å²) < 4.78 is 5.73. The van der Waals surface area contributed by atoms with Crippen LogP contribution in [0.15, 0.2) is 48.5 Å². The van der Waals surface area contributed by atoms with Gasteiger partial charge in [0, 0.05) is 12.2 Å². The predicted molar refractivity (Wildman–Crippen MR) is 105 cm³/mol. The number of ether oxygens (including phenoxy) is 1. The molecule has 0 saturated carbocycles. The molecule has 5 heteroatoms. The van der Waals surface area contributed by atoms with Gasteiger partial charge in [0.25, 0.3) is 5.91 Å². The van der Waals surface area contributed by atoms with Gasteiger partial charge >= 0.3 is 0 Å². The van der Waals surface area contributed by atoms with Crippen molar-refractivity contribution in [1.29, 1.82) is 0 Å². The molecule has 1 unspecified atom stereocenters. The summed E-state index contributed by atoms with van der Waals surface area (Å²) in [5.41, 5.74) is 8.64. The second kappa shape index (κ2) is 8.88. The fraction of sp³-hybridized carbons (Fsp3) is 0.350. The first-order valence-corrected chi connectivity index (χ1v) is 8.16. The molecule has 1 atom stereocenters. The average Bonchev–Trinajstić information content (AvgIpc) is 2.55. The molecular formula is C20H27ClN2O2. The molecule has 2 rings (SSSR count). The largest absolute Gasteiger partial charge is 0.481 e. The van der Waals surface area contributed by atoms with Crippen molar-refractivity contribution in [2.45, 2.75) is 45.8 Å². The number of amides is 1. The molecule has 0 bridgehead atoms. The molecular weight excluding hydrogens is 336 g/mol. The van der Waals surface area contributed by atoms with Crippen molar-refractivity contribution in [1.82, 2.24) is 0 Å². The predicted octanol–water partition coefficient (Wildman–Crippen LogP) is 4.27. The average molecular weight is 363 g/mol. The van der Waals surface area contributed by atoms with E-state index < -0.39 is 6.10 Å². The SMILES string of the molecule is CC(Oc1ccc(C(C)(C)C)cc1)C(=O)Nc1ccc(CN)cc1.Cl. The molecule has 0 radical (unpaired) electrons. The van der Waals surface area contributed by atoms with Crippen molar-refractivity contribution >= 4 is 24.0 Å². The van der Waals surface area contributed by atoms with Crippen molar-refractivity contribution in [3.8, 4) is 5.75 Å². The number of carbonyl (C=O) groups is 1. The zero-order valence-corrected chi connectivity index (χ0v) is 16.0. The third-order valence-corrected chi connectivity index (χ3v) is 3.86. The number of benzene rings is 2. The maximum absolute atomic E-state index is 12.2. The molecule has 25 heavy (non-hydrogen) atoms. The van der Waals surface area contributed by atoms with Crippen molar-refractivity contribution < 1.29 is 9.53 Å². The van der Waals surface area contributed by atoms with Gasteiger partial charge in [0.15, 0.2) is 6.10 Å². The lowest BCUT2D eigenvalue weighted by atomic mass is 9.87. The number of nitrogens with two attached hydrogens (primary N) is 1. The van der Waals surface area contributed by atoms with E-state index in [1.54, 1.807) is 6.92 Å². The molecule has 0 spiro atoms. The molecule has 4 nitrogen and oxygen atoms in total. The summed E-state index contributed by atoms with van der Waals surface area (Å²) in [6.07, 6.45) is -0.584. The first kappa shape index (κ1) is 21.0. The summed E-state index contributed by atoms with van der Waals surface area (Å²) in [7, 11) is 0. The topological polar surface area (TPSA) is 64.3 Å². The highest BCUT2D eigenvalue weighted by atomic mass is 35.5. The second-order valence-electron chi connectivity index (χ2n) is 6.92. The minimum absolute atomic E-state index is 0. The summed E-state index contributed by atoms with van der Waals surface area (Å²) >= 11 is 0. The summed E-state index contributed by atoms with van der Waals surface area (Å²) in [5.74, 6) is 0.500. The van der Waals surface area contributed by atoms with Gasteiger partial charge in [0.05, 0.1) is 0 Å². The standard InChI is InChI=1S/C20H26N2O2.ClH/c1-14(19(23)22-17-9-5-15(13-21)6-10-17)24-18-11-7-16(8-12-18)20(2,3)4;/h5-12,14H,13,21H2,1-4H3,(H,22,23);1H. The van der Waals surface area contributed by atoms with Crippen LogP contribution in [0.5, 0.6) is 5.75 Å². The molecule has 0 fully saturated rings. The van der Waals surface area contributed by atoms with E-state index in [1.807, 2.05) is 48.5 Å². The van der Waals surface area contributed by atoms with Gasteiger partial charge in [-0.3, -0.25) is 4.79 Å². The van der Waals surface area contributed by atoms with Gasteiger partial charge in [-0.25, -0.2) is 0 Å². The van der Waals surface area contributed by atoms with Gasteiger partial charge in [-0.15, -0.1) is 12.4 Å². The number of carbonyl (C=O) groups excluding carboxylic acids is 1. The van der Waals surface area contributed by atoms with Gasteiger partial charge in [0.1, 0.15) is 5.75 Å². The van der Waals surface area contributed by atoms with E-state index >= 15 is 0 Å². The molecule has 3 N–H and O–H groups in total. The minimum atomic E-state index is -0.584. The van der Waals surface area contributed by atoms with Crippen LogP contribution in [0.4, 0.5) is 5.69 Å². The molecule has 2 aromatic carbocycles. The molecule has 0 aliphatic carbocycles. The Kier molecular flexibility index (Phi) is 7.46. The van der Waals surface area contributed by atoms with Crippen LogP contribution in [0, 0.1) is 0 Å². The summed E-state index contributed by atoms with van der Waals surface area (Å²) in [6.45, 7) is 8.71. The van der Waals surface area contributed by atoms with E-state index in [4.69, 9.17) is 10.5 Å². The van der Waals surface area contributed by atoms with Gasteiger partial charge in [-0.2, -0.15) is 0 Å². The molecule has 0 saturated heterocycles. The molecule has 0 aliphatic rings. The molecule has 1 amide bonds. The number of hydrogen-bond donors (Lipinski definition) is 2. The lowest BCUT2D eigenvalue weighted by Gasteiger charge is -2.20. The Morgan fingerprint density at radius 2 is 1.64 bits per heavy atom. The van der Waals surface area contributed by atoms with E-state index in [1.165, 1.54) is 5.56 Å². The monoisotopic (exact) mass is 362 g/mol. The first-order chi connectivity index (χ1) is 11.3. The zero-order valence-electron chi connectivity index (χ0n) is 15.2. The third-order valence-electron chi connectivity index (χ3n) is 3.86. The van der Waals surface area contributed by atoms with Crippen LogP contribution in [0.25, 0.3) is 0 Å². The highest BCUT2D eigenvalue weighted by Crippen LogP contribution is 2.24. The molecule has 136 valence electrons. The summed E-state index contributed by atoms with van der Waals surface area (Å²) in [5, 5.41) is 2.84. The third kappa shape index (κ3) is 6.07. The van der Waals surface area contributed by atoms with Crippen LogP contribution in [0.2, 0.25) is 0 Å². The molecule has 2 aromatic rings. The number of hydrogen-bond acceptors (Lipinski definition) is 3. The quantitative estimate of drug-likeness (QED) is 0.834. The normalized spacial score (nSPS) is 12.0. The molecule has 0 aromatic heterocycles. The molecule has 0 heterocycles. The number of rotatable bonds is 5. The van der Waals surface area contributed by atoms with Crippen LogP contribution in [0.1, 0.15) is 38.8 Å². The van der Waals surface area contributed by atoms with Crippen molar-refractivity contribution in [3.63, 3.8) is 0 Å². The van der Waals surface area contributed by atoms with Gasteiger partial charge in [-0.1, -0.05) is 45.0 Å². The first-order valence-electron chi connectivity index (χ1n) is 8.16. The second-order valence-corrected chi connectivity index (χ2v) is 6.92.